The first-order valence-electron chi connectivity index (χ1n) is 9.92. The summed E-state index contributed by atoms with van der Waals surface area (Å²) in [4.78, 5) is 24.6. The minimum Gasteiger partial charge on any atom is -0.406 e. The maximum absolute atomic E-state index is 12.8. The van der Waals surface area contributed by atoms with Crippen LogP contribution in [-0.4, -0.2) is 29.9 Å². The molecule has 1 unspecified atom stereocenters. The number of benzene rings is 2. The Morgan fingerprint density at radius 2 is 1.94 bits per heavy atom. The lowest BCUT2D eigenvalue weighted by Crippen LogP contribution is -2.41. The number of nitrogens with one attached hydrogen (secondary N) is 2. The summed E-state index contributed by atoms with van der Waals surface area (Å²) in [5.74, 6) is -1.12. The lowest BCUT2D eigenvalue weighted by atomic mass is 9.61. The van der Waals surface area contributed by atoms with Gasteiger partial charge in [0.15, 0.2) is 0 Å². The molecule has 1 spiro atoms. The van der Waals surface area contributed by atoms with Crippen LogP contribution in [0.3, 0.4) is 0 Å². The SMILES string of the molecule is O=C(NO)c1ccc2c(c1)CC[C@]1(CCNC1=O)C2Cc1ccc(OC(F)(F)F)cc1. The first-order valence-corrected chi connectivity index (χ1v) is 9.92. The van der Waals surface area contributed by atoms with E-state index in [-0.39, 0.29) is 17.6 Å². The van der Waals surface area contributed by atoms with E-state index in [4.69, 9.17) is 5.21 Å². The molecule has 1 aliphatic carbocycles. The first kappa shape index (κ1) is 21.2. The lowest BCUT2D eigenvalue weighted by Gasteiger charge is -2.41. The number of hydrogen-bond donors (Lipinski definition) is 3. The van der Waals surface area contributed by atoms with E-state index in [9.17, 15) is 22.8 Å². The molecule has 1 fully saturated rings. The molecule has 3 N–H and O–H groups in total. The Labute approximate surface area is 176 Å². The second-order valence-corrected chi connectivity index (χ2v) is 7.97. The molecule has 6 nitrogen and oxygen atoms in total. The number of halogens is 3. The fourth-order valence-electron chi connectivity index (χ4n) is 4.83. The van der Waals surface area contributed by atoms with E-state index in [0.717, 1.165) is 16.7 Å². The number of alkyl halides is 3. The minimum absolute atomic E-state index is 0.0163. The van der Waals surface area contributed by atoms with Gasteiger partial charge in [-0.25, -0.2) is 5.48 Å². The van der Waals surface area contributed by atoms with Crippen LogP contribution < -0.4 is 15.5 Å². The van der Waals surface area contributed by atoms with Gasteiger partial charge in [-0.05, 0) is 66.6 Å². The van der Waals surface area contributed by atoms with E-state index in [1.54, 1.807) is 35.8 Å². The second kappa shape index (κ2) is 7.88. The first-order chi connectivity index (χ1) is 14.7. The van der Waals surface area contributed by atoms with Gasteiger partial charge in [0.25, 0.3) is 5.91 Å². The standard InChI is InChI=1S/C22H21F3N2O4/c23-22(24,25)31-16-4-1-13(2-5-16)11-18-17-6-3-15(19(28)27-30)12-14(17)7-8-21(18)9-10-26-20(21)29/h1-6,12,18,30H,7-11H2,(H,26,29)(H,27,28)/t18?,21-/m0/s1. The summed E-state index contributed by atoms with van der Waals surface area (Å²) in [6, 6.07) is 10.8. The summed E-state index contributed by atoms with van der Waals surface area (Å²) in [7, 11) is 0. The molecule has 1 aliphatic heterocycles. The lowest BCUT2D eigenvalue weighted by molar-refractivity contribution is -0.274. The van der Waals surface area contributed by atoms with Crippen molar-refractivity contribution < 1.29 is 32.7 Å². The van der Waals surface area contributed by atoms with Crippen LogP contribution in [0.5, 0.6) is 5.75 Å². The highest BCUT2D eigenvalue weighted by atomic mass is 19.4. The van der Waals surface area contributed by atoms with Gasteiger partial charge in [-0.15, -0.1) is 13.2 Å². The molecule has 164 valence electrons. The van der Waals surface area contributed by atoms with Crippen molar-refractivity contribution in [1.29, 1.82) is 0 Å². The van der Waals surface area contributed by atoms with Crippen LogP contribution in [0.2, 0.25) is 0 Å². The minimum atomic E-state index is -4.76. The molecule has 2 aromatic rings. The number of fused-ring (bicyclic) bond motifs is 1. The van der Waals surface area contributed by atoms with Crippen molar-refractivity contribution in [3.05, 3.63) is 64.7 Å². The zero-order valence-corrected chi connectivity index (χ0v) is 16.5. The van der Waals surface area contributed by atoms with E-state index in [0.29, 0.717) is 37.8 Å². The molecule has 2 aromatic carbocycles. The normalized spacial score (nSPS) is 22.7. The van der Waals surface area contributed by atoms with Crippen LogP contribution in [0.1, 0.15) is 45.8 Å². The van der Waals surface area contributed by atoms with E-state index in [1.165, 1.54) is 12.1 Å². The highest BCUT2D eigenvalue weighted by Gasteiger charge is 2.51. The molecule has 1 saturated heterocycles. The molecular weight excluding hydrogens is 413 g/mol. The van der Waals surface area contributed by atoms with Gasteiger partial charge in [0, 0.05) is 18.0 Å². The van der Waals surface area contributed by atoms with Crippen LogP contribution in [0.15, 0.2) is 42.5 Å². The van der Waals surface area contributed by atoms with E-state index < -0.39 is 17.7 Å². The van der Waals surface area contributed by atoms with Crippen LogP contribution in [0.4, 0.5) is 13.2 Å². The third-order valence-corrected chi connectivity index (χ3v) is 6.30. The topological polar surface area (TPSA) is 87.7 Å². The number of aryl methyl sites for hydroxylation is 1. The van der Waals surface area contributed by atoms with Gasteiger partial charge in [-0.1, -0.05) is 18.2 Å². The van der Waals surface area contributed by atoms with Crippen LogP contribution in [-0.2, 0) is 17.6 Å². The molecule has 2 atom stereocenters. The second-order valence-electron chi connectivity index (χ2n) is 7.97. The summed E-state index contributed by atoms with van der Waals surface area (Å²) in [5, 5.41) is 11.8. The predicted molar refractivity (Wildman–Crippen MR) is 104 cm³/mol. The molecule has 31 heavy (non-hydrogen) atoms. The van der Waals surface area contributed by atoms with Gasteiger partial charge in [0.2, 0.25) is 5.91 Å². The predicted octanol–water partition coefficient (Wildman–Crippen LogP) is 3.48. The quantitative estimate of drug-likeness (QED) is 0.508. The summed E-state index contributed by atoms with van der Waals surface area (Å²) in [6.07, 6.45) is -2.41. The van der Waals surface area contributed by atoms with Crippen LogP contribution >= 0.6 is 0 Å². The molecule has 0 radical (unpaired) electrons. The largest absolute Gasteiger partial charge is 0.573 e. The number of carbonyl (C=O) groups is 2. The highest BCUT2D eigenvalue weighted by Crippen LogP contribution is 2.51. The summed E-state index contributed by atoms with van der Waals surface area (Å²) < 4.78 is 41.2. The molecule has 0 aromatic heterocycles. The van der Waals surface area contributed by atoms with Crippen LogP contribution in [0.25, 0.3) is 0 Å². The number of amides is 2. The van der Waals surface area contributed by atoms with Crippen molar-refractivity contribution in [2.45, 2.75) is 38.0 Å². The Morgan fingerprint density at radius 3 is 2.55 bits per heavy atom. The molecule has 2 aliphatic rings. The van der Waals surface area contributed by atoms with E-state index in [2.05, 4.69) is 10.1 Å². The fourth-order valence-corrected chi connectivity index (χ4v) is 4.83. The smallest absolute Gasteiger partial charge is 0.406 e. The van der Waals surface area contributed by atoms with Gasteiger partial charge < -0.3 is 10.1 Å². The third kappa shape index (κ3) is 4.10. The molecule has 0 saturated carbocycles. The van der Waals surface area contributed by atoms with Gasteiger partial charge >= 0.3 is 6.36 Å². The Kier molecular flexibility index (Phi) is 5.38. The van der Waals surface area contributed by atoms with Crippen molar-refractivity contribution in [2.24, 2.45) is 5.41 Å². The maximum Gasteiger partial charge on any atom is 0.573 e. The summed E-state index contributed by atoms with van der Waals surface area (Å²) in [6.45, 7) is 0.577. The molecule has 1 heterocycles. The fraction of sp³-hybridized carbons (Fsp3) is 0.364. The van der Waals surface area contributed by atoms with Crippen molar-refractivity contribution in [3.8, 4) is 5.75 Å². The van der Waals surface area contributed by atoms with Crippen molar-refractivity contribution >= 4 is 11.8 Å². The van der Waals surface area contributed by atoms with Gasteiger partial charge in [-0.3, -0.25) is 14.8 Å². The highest BCUT2D eigenvalue weighted by molar-refractivity contribution is 5.94. The Bertz CT molecular complexity index is 1010. The van der Waals surface area contributed by atoms with Crippen molar-refractivity contribution in [1.82, 2.24) is 10.8 Å². The Hall–Kier alpha value is -3.07. The van der Waals surface area contributed by atoms with Gasteiger partial charge in [0.05, 0.1) is 5.41 Å². The zero-order chi connectivity index (χ0) is 22.2. The number of carbonyl (C=O) groups excluding carboxylic acids is 2. The van der Waals surface area contributed by atoms with Crippen molar-refractivity contribution in [2.75, 3.05) is 6.54 Å². The van der Waals surface area contributed by atoms with E-state index >= 15 is 0 Å². The van der Waals surface area contributed by atoms with Crippen LogP contribution in [0, 0.1) is 5.41 Å². The number of ether oxygens (including phenoxy) is 1. The Balaban J connectivity index is 1.67. The number of hydroxylamine groups is 1. The number of rotatable bonds is 4. The molecular formula is C22H21F3N2O4. The third-order valence-electron chi connectivity index (χ3n) is 6.30. The average molecular weight is 434 g/mol. The molecule has 2 amide bonds. The molecule has 0 bridgehead atoms. The van der Waals surface area contributed by atoms with Crippen molar-refractivity contribution in [3.63, 3.8) is 0 Å². The molecule has 9 heteroatoms. The molecule has 4 rings (SSSR count). The number of hydrogen-bond acceptors (Lipinski definition) is 4. The zero-order valence-electron chi connectivity index (χ0n) is 16.5. The van der Waals surface area contributed by atoms with Gasteiger partial charge in [-0.2, -0.15) is 0 Å². The maximum atomic E-state index is 12.8. The Morgan fingerprint density at radius 1 is 1.19 bits per heavy atom. The average Bonchev–Trinajstić information content (AvgIpc) is 3.10. The van der Waals surface area contributed by atoms with E-state index in [1.807, 2.05) is 0 Å². The van der Waals surface area contributed by atoms with Gasteiger partial charge in [0.1, 0.15) is 5.75 Å². The monoisotopic (exact) mass is 434 g/mol. The summed E-state index contributed by atoms with van der Waals surface area (Å²) >= 11 is 0. The summed E-state index contributed by atoms with van der Waals surface area (Å²) in [5.41, 5.74) is 3.98.